The van der Waals surface area contributed by atoms with Crippen molar-refractivity contribution in [2.75, 3.05) is 11.0 Å². The number of pyridine rings is 1. The van der Waals surface area contributed by atoms with Crippen molar-refractivity contribution in [2.24, 2.45) is 5.73 Å². The Morgan fingerprint density at radius 3 is 2.43 bits per heavy atom. The van der Waals surface area contributed by atoms with E-state index in [1.165, 1.54) is 12.1 Å². The Kier molecular flexibility index (Phi) is 8.30. The lowest BCUT2D eigenvalue weighted by atomic mass is 9.99. The number of nitrogens with two attached hydrogens (primary N) is 1. The smallest absolute Gasteiger partial charge is 0.366 e. The Hall–Kier alpha value is -3.82. The first-order valence-corrected chi connectivity index (χ1v) is 13.1. The van der Waals surface area contributed by atoms with Crippen LogP contribution >= 0.6 is 11.8 Å². The van der Waals surface area contributed by atoms with Gasteiger partial charge in [-0.05, 0) is 42.0 Å². The van der Waals surface area contributed by atoms with E-state index in [1.54, 1.807) is 30.3 Å². The molecule has 0 atom stereocenters. The highest BCUT2D eigenvalue weighted by atomic mass is 32.2. The van der Waals surface area contributed by atoms with Gasteiger partial charge in [0, 0.05) is 22.5 Å². The maximum Gasteiger partial charge on any atom is 0.433 e. The van der Waals surface area contributed by atoms with Crippen LogP contribution in [0.4, 0.5) is 23.2 Å². The van der Waals surface area contributed by atoms with Crippen LogP contribution in [0.2, 0.25) is 0 Å². The summed E-state index contributed by atoms with van der Waals surface area (Å²) in [6.45, 7) is 0. The third-order valence-electron chi connectivity index (χ3n) is 4.77. The lowest BCUT2D eigenvalue weighted by molar-refractivity contribution is -0.141. The van der Waals surface area contributed by atoms with Gasteiger partial charge in [0.05, 0.1) is 17.5 Å². The fourth-order valence-electron chi connectivity index (χ4n) is 3.19. The number of hydrogen-bond donors (Lipinski definition) is 2. The lowest BCUT2D eigenvalue weighted by Gasteiger charge is -2.13. The Balaban J connectivity index is 2.06. The highest BCUT2D eigenvalue weighted by Crippen LogP contribution is 2.35. The molecule has 37 heavy (non-hydrogen) atoms. The van der Waals surface area contributed by atoms with Crippen molar-refractivity contribution in [3.63, 3.8) is 0 Å². The number of hydrogen-bond acceptors (Lipinski definition) is 5. The van der Waals surface area contributed by atoms with E-state index in [-0.39, 0.29) is 33.7 Å². The molecule has 192 valence electrons. The van der Waals surface area contributed by atoms with Crippen LogP contribution in [0.5, 0.6) is 0 Å². The second-order valence-corrected chi connectivity index (χ2v) is 10.5. The number of nitrogens with zero attached hydrogens (tertiary/aromatic N) is 1. The molecule has 1 heterocycles. The minimum Gasteiger partial charge on any atom is -0.366 e. The predicted octanol–water partition coefficient (Wildman–Crippen LogP) is 4.85. The van der Waals surface area contributed by atoms with E-state index in [2.05, 4.69) is 10.9 Å². The van der Waals surface area contributed by atoms with Gasteiger partial charge in [0.1, 0.15) is 16.5 Å². The van der Waals surface area contributed by atoms with Crippen LogP contribution < -0.4 is 10.5 Å². The second-order valence-electron chi connectivity index (χ2n) is 7.73. The molecule has 6 nitrogen and oxygen atoms in total. The van der Waals surface area contributed by atoms with E-state index >= 15 is 0 Å². The normalized spacial score (nSPS) is 12.2. The summed E-state index contributed by atoms with van der Waals surface area (Å²) in [5.74, 6) is 0.304. The maximum atomic E-state index is 14.7. The molecule has 0 spiro atoms. The third-order valence-corrected chi connectivity index (χ3v) is 6.37. The van der Waals surface area contributed by atoms with Gasteiger partial charge in [0.25, 0.3) is 0 Å². The first kappa shape index (κ1) is 27.8. The molecule has 1 amide bonds. The van der Waals surface area contributed by atoms with Gasteiger partial charge in [-0.2, -0.15) is 13.2 Å². The van der Waals surface area contributed by atoms with E-state index in [1.807, 2.05) is 4.72 Å². The Morgan fingerprint density at radius 1 is 1.19 bits per heavy atom. The zero-order valence-electron chi connectivity index (χ0n) is 19.1. The number of sulfonamides is 1. The fraction of sp³-hybridized carbons (Fsp3) is 0.120. The summed E-state index contributed by atoms with van der Waals surface area (Å²) in [4.78, 5) is 16.6. The van der Waals surface area contributed by atoms with E-state index in [9.17, 15) is 30.8 Å². The van der Waals surface area contributed by atoms with Crippen LogP contribution in [0.1, 0.15) is 22.4 Å². The van der Waals surface area contributed by atoms with Gasteiger partial charge in [0.2, 0.25) is 15.9 Å². The average molecular weight is 550 g/mol. The number of amides is 1. The molecule has 0 bridgehead atoms. The molecule has 0 unspecified atom stereocenters. The van der Waals surface area contributed by atoms with Gasteiger partial charge in [-0.3, -0.25) is 9.52 Å². The molecule has 0 aliphatic heterocycles. The van der Waals surface area contributed by atoms with Gasteiger partial charge in [0.15, 0.2) is 0 Å². The topological polar surface area (TPSA) is 102 Å². The number of carbonyl (C=O) groups excluding carboxylic acids is 1. The Morgan fingerprint density at radius 2 is 1.86 bits per heavy atom. The van der Waals surface area contributed by atoms with Gasteiger partial charge in [-0.15, -0.1) is 6.42 Å². The quantitative estimate of drug-likeness (QED) is 0.238. The summed E-state index contributed by atoms with van der Waals surface area (Å²) >= 11 is 0.961. The third kappa shape index (κ3) is 7.58. The summed E-state index contributed by atoms with van der Waals surface area (Å²) in [6, 6.07) is 12.8. The van der Waals surface area contributed by atoms with E-state index in [0.717, 1.165) is 36.2 Å². The van der Waals surface area contributed by atoms with Crippen molar-refractivity contribution in [1.82, 2.24) is 4.98 Å². The zero-order valence-corrected chi connectivity index (χ0v) is 20.8. The molecule has 12 heteroatoms. The van der Waals surface area contributed by atoms with Gasteiger partial charge >= 0.3 is 6.18 Å². The molecule has 3 N–H and O–H groups in total. The molecule has 0 aliphatic carbocycles. The first-order valence-electron chi connectivity index (χ1n) is 10.3. The minimum absolute atomic E-state index is 0.0250. The van der Waals surface area contributed by atoms with Crippen molar-refractivity contribution in [2.45, 2.75) is 22.5 Å². The van der Waals surface area contributed by atoms with Gasteiger partial charge in [-0.25, -0.2) is 17.8 Å². The summed E-state index contributed by atoms with van der Waals surface area (Å²) in [5, 5.41) is -0.0250. The molecule has 3 rings (SSSR count). The number of nitrogens with one attached hydrogen (secondary N) is 1. The molecule has 0 aliphatic rings. The average Bonchev–Trinajstić information content (AvgIpc) is 2.80. The van der Waals surface area contributed by atoms with Crippen molar-refractivity contribution < 1.29 is 30.8 Å². The Bertz CT molecular complexity index is 1510. The molecule has 2 aromatic carbocycles. The van der Waals surface area contributed by atoms with E-state index in [0.29, 0.717) is 4.90 Å². The minimum atomic E-state index is -4.69. The number of halogens is 4. The van der Waals surface area contributed by atoms with Crippen molar-refractivity contribution >= 4 is 39.5 Å². The highest BCUT2D eigenvalue weighted by Gasteiger charge is 2.33. The number of aromatic nitrogens is 1. The Labute approximate surface area is 215 Å². The summed E-state index contributed by atoms with van der Waals surface area (Å²) in [6.07, 6.45) is 2.58. The van der Waals surface area contributed by atoms with Crippen molar-refractivity contribution in [3.05, 3.63) is 88.4 Å². The molecular formula is C25H19F4N3O3S2. The number of terminal acetylenes is 1. The number of anilines is 1. The van der Waals surface area contributed by atoms with Crippen LogP contribution in [-0.4, -0.2) is 25.6 Å². The van der Waals surface area contributed by atoms with Crippen molar-refractivity contribution in [3.8, 4) is 12.3 Å². The largest absolute Gasteiger partial charge is 0.433 e. The summed E-state index contributed by atoms with van der Waals surface area (Å²) < 4.78 is 79.7. The number of carbonyl (C=O) groups is 1. The number of primary amides is 1. The van der Waals surface area contributed by atoms with Crippen LogP contribution in [-0.2, 0) is 27.4 Å². The molecule has 3 aromatic rings. The number of rotatable bonds is 8. The molecule has 0 saturated carbocycles. The molecule has 0 fully saturated rings. The maximum absolute atomic E-state index is 14.7. The molecular weight excluding hydrogens is 530 g/mol. The standard InChI is InChI=1S/C25H19F4N3O3S2/c1-3-16-11-15(13-20(26)22(16)32-37(2,34)35)12-18(23(30)33)14-17-9-10-21(25(27,28)29)31-24(17)36-19-7-5-4-6-8-19/h1,4-11,13-14,32H,12H2,2H3,(H2,30,33). The number of alkyl halides is 3. The zero-order chi connectivity index (χ0) is 27.4. The molecule has 0 radical (unpaired) electrons. The SMILES string of the molecule is C#Cc1cc(CC(=Cc2ccc(C(F)(F)F)nc2Sc2ccccc2)C(N)=O)cc(F)c1NS(C)(=O)=O. The number of benzene rings is 2. The van der Waals surface area contributed by atoms with Crippen LogP contribution in [0.3, 0.4) is 0 Å². The molecule has 1 aromatic heterocycles. The van der Waals surface area contributed by atoms with E-state index < -0.39 is 39.3 Å². The summed E-state index contributed by atoms with van der Waals surface area (Å²) in [5.41, 5.74) is 4.17. The summed E-state index contributed by atoms with van der Waals surface area (Å²) in [7, 11) is -3.83. The van der Waals surface area contributed by atoms with Crippen LogP contribution in [0.15, 0.2) is 70.1 Å². The predicted molar refractivity (Wildman–Crippen MR) is 133 cm³/mol. The van der Waals surface area contributed by atoms with Crippen molar-refractivity contribution in [1.29, 1.82) is 0 Å². The van der Waals surface area contributed by atoms with Gasteiger partial charge < -0.3 is 5.73 Å². The second kappa shape index (κ2) is 11.1. The van der Waals surface area contributed by atoms with Crippen LogP contribution in [0.25, 0.3) is 6.08 Å². The first-order chi connectivity index (χ1) is 17.3. The fourth-order valence-corrected chi connectivity index (χ4v) is 4.67. The highest BCUT2D eigenvalue weighted by molar-refractivity contribution is 7.99. The van der Waals surface area contributed by atoms with Gasteiger partial charge in [-0.1, -0.05) is 41.9 Å². The van der Waals surface area contributed by atoms with E-state index in [4.69, 9.17) is 12.2 Å². The monoisotopic (exact) mass is 549 g/mol. The molecule has 0 saturated heterocycles. The van der Waals surface area contributed by atoms with Crippen LogP contribution in [0, 0.1) is 18.2 Å². The lowest BCUT2D eigenvalue weighted by Crippen LogP contribution is -2.16.